The first-order valence-corrected chi connectivity index (χ1v) is 10.3. The molecule has 150 valence electrons. The number of aromatic nitrogens is 2. The van der Waals surface area contributed by atoms with Crippen LogP contribution in [0.3, 0.4) is 0 Å². The molecule has 0 unspecified atom stereocenters. The van der Waals surface area contributed by atoms with Crippen molar-refractivity contribution in [3.05, 3.63) is 66.1 Å². The van der Waals surface area contributed by atoms with E-state index in [0.29, 0.717) is 12.4 Å². The maximum absolute atomic E-state index is 12.2. The number of hydrogen-bond acceptors (Lipinski definition) is 5. The number of nitrogens with one attached hydrogen (secondary N) is 1. The minimum Gasteiger partial charge on any atom is -0.372 e. The molecule has 0 atom stereocenters. The number of benzene rings is 2. The Hall–Kier alpha value is -3.15. The van der Waals surface area contributed by atoms with Crippen molar-refractivity contribution in [3.8, 4) is 11.4 Å². The molecule has 1 aliphatic heterocycles. The van der Waals surface area contributed by atoms with Crippen molar-refractivity contribution in [1.82, 2.24) is 15.5 Å². The Balaban J connectivity index is 1.29. The molecule has 1 amide bonds. The maximum atomic E-state index is 12.2. The number of hydrogen-bond donors (Lipinski definition) is 1. The number of aryl methyl sites for hydroxylation is 1. The van der Waals surface area contributed by atoms with Gasteiger partial charge in [0.15, 0.2) is 0 Å². The third-order valence-corrected chi connectivity index (χ3v) is 5.24. The van der Waals surface area contributed by atoms with Crippen LogP contribution in [0, 0.1) is 0 Å². The Morgan fingerprint density at radius 2 is 1.76 bits per heavy atom. The van der Waals surface area contributed by atoms with Crippen LogP contribution in [0.4, 0.5) is 5.69 Å². The van der Waals surface area contributed by atoms with Gasteiger partial charge in [-0.05, 0) is 61.9 Å². The number of rotatable bonds is 7. The van der Waals surface area contributed by atoms with Gasteiger partial charge in [-0.25, -0.2) is 0 Å². The van der Waals surface area contributed by atoms with Crippen LogP contribution in [-0.4, -0.2) is 35.7 Å². The van der Waals surface area contributed by atoms with Crippen molar-refractivity contribution < 1.29 is 9.32 Å². The number of carbonyl (C=O) groups excluding carboxylic acids is 1. The van der Waals surface area contributed by atoms with E-state index < -0.39 is 0 Å². The Kier molecular flexibility index (Phi) is 6.19. The van der Waals surface area contributed by atoms with E-state index >= 15 is 0 Å². The number of piperidine rings is 1. The average Bonchev–Trinajstić information content (AvgIpc) is 3.29. The van der Waals surface area contributed by atoms with Gasteiger partial charge < -0.3 is 14.7 Å². The maximum Gasteiger partial charge on any atom is 0.316 e. The molecule has 1 aliphatic rings. The highest BCUT2D eigenvalue weighted by atomic mass is 16.5. The Morgan fingerprint density at radius 1 is 1.00 bits per heavy atom. The van der Waals surface area contributed by atoms with E-state index in [0.717, 1.165) is 31.5 Å². The molecule has 4 rings (SSSR count). The molecule has 0 saturated carbocycles. The minimum absolute atomic E-state index is 0.000168. The lowest BCUT2D eigenvalue weighted by atomic mass is 10.1. The standard InChI is InChI=1S/C23H26N4O2/c28-22(24-15-7-10-18-8-3-1-4-9-18)23-25-21(26-29-23)19-11-13-20(14-12-19)27-16-5-2-6-17-27/h1,3-4,8-9,11-14H,2,5-7,10,15-17H2,(H,24,28). The third kappa shape index (κ3) is 5.02. The average molecular weight is 390 g/mol. The highest BCUT2D eigenvalue weighted by Gasteiger charge is 2.16. The molecule has 0 radical (unpaired) electrons. The number of anilines is 1. The smallest absolute Gasteiger partial charge is 0.316 e. The molecule has 0 spiro atoms. The molecule has 1 fully saturated rings. The lowest BCUT2D eigenvalue weighted by Gasteiger charge is -2.28. The quantitative estimate of drug-likeness (QED) is 0.615. The molecular formula is C23H26N4O2. The van der Waals surface area contributed by atoms with Gasteiger partial charge in [0.05, 0.1) is 0 Å². The van der Waals surface area contributed by atoms with Crippen molar-refractivity contribution in [2.45, 2.75) is 32.1 Å². The second kappa shape index (κ2) is 9.37. The molecule has 1 N–H and O–H groups in total. The van der Waals surface area contributed by atoms with Crippen molar-refractivity contribution >= 4 is 11.6 Å². The monoisotopic (exact) mass is 390 g/mol. The van der Waals surface area contributed by atoms with E-state index in [1.807, 2.05) is 30.3 Å². The van der Waals surface area contributed by atoms with E-state index in [-0.39, 0.29) is 11.8 Å². The molecule has 0 aliphatic carbocycles. The zero-order valence-corrected chi connectivity index (χ0v) is 16.5. The second-order valence-corrected chi connectivity index (χ2v) is 7.36. The van der Waals surface area contributed by atoms with Crippen LogP contribution >= 0.6 is 0 Å². The summed E-state index contributed by atoms with van der Waals surface area (Å²) in [6, 6.07) is 18.3. The topological polar surface area (TPSA) is 71.3 Å². The summed E-state index contributed by atoms with van der Waals surface area (Å²) >= 11 is 0. The van der Waals surface area contributed by atoms with Crippen LogP contribution < -0.4 is 10.2 Å². The molecular weight excluding hydrogens is 364 g/mol. The Morgan fingerprint density at radius 3 is 2.52 bits per heavy atom. The minimum atomic E-state index is -0.332. The van der Waals surface area contributed by atoms with Gasteiger partial charge in [0.1, 0.15) is 0 Å². The second-order valence-electron chi connectivity index (χ2n) is 7.36. The van der Waals surface area contributed by atoms with Crippen LogP contribution in [-0.2, 0) is 6.42 Å². The first-order valence-electron chi connectivity index (χ1n) is 10.3. The molecule has 6 nitrogen and oxygen atoms in total. The van der Waals surface area contributed by atoms with Gasteiger partial charge in [-0.1, -0.05) is 35.5 Å². The first-order chi connectivity index (χ1) is 14.3. The van der Waals surface area contributed by atoms with E-state index in [1.165, 1.54) is 30.5 Å². The fraction of sp³-hybridized carbons (Fsp3) is 0.348. The normalized spacial score (nSPS) is 14.0. The summed E-state index contributed by atoms with van der Waals surface area (Å²) in [5, 5.41) is 6.81. The van der Waals surface area contributed by atoms with Gasteiger partial charge in [0, 0.05) is 30.9 Å². The summed E-state index contributed by atoms with van der Waals surface area (Å²) < 4.78 is 5.16. The Labute approximate surface area is 170 Å². The molecule has 29 heavy (non-hydrogen) atoms. The number of amides is 1. The predicted molar refractivity (Wildman–Crippen MR) is 113 cm³/mol. The third-order valence-electron chi connectivity index (χ3n) is 5.24. The lowest BCUT2D eigenvalue weighted by molar-refractivity contribution is 0.0909. The summed E-state index contributed by atoms with van der Waals surface area (Å²) in [5.74, 6) is 0.103. The molecule has 3 aromatic rings. The summed E-state index contributed by atoms with van der Waals surface area (Å²) in [6.07, 6.45) is 5.58. The highest BCUT2D eigenvalue weighted by Crippen LogP contribution is 2.23. The van der Waals surface area contributed by atoms with E-state index in [9.17, 15) is 4.79 Å². The largest absolute Gasteiger partial charge is 0.372 e. The van der Waals surface area contributed by atoms with Gasteiger partial charge in [-0.15, -0.1) is 0 Å². The van der Waals surface area contributed by atoms with Crippen LogP contribution in [0.25, 0.3) is 11.4 Å². The first kappa shape index (κ1) is 19.2. The van der Waals surface area contributed by atoms with Crippen molar-refractivity contribution in [1.29, 1.82) is 0 Å². The van der Waals surface area contributed by atoms with Crippen molar-refractivity contribution in [2.75, 3.05) is 24.5 Å². The van der Waals surface area contributed by atoms with E-state index in [1.54, 1.807) is 0 Å². The molecule has 2 aromatic carbocycles. The zero-order valence-electron chi connectivity index (χ0n) is 16.5. The van der Waals surface area contributed by atoms with Crippen LogP contribution in [0.2, 0.25) is 0 Å². The van der Waals surface area contributed by atoms with Gasteiger partial charge in [0.25, 0.3) is 0 Å². The summed E-state index contributed by atoms with van der Waals surface area (Å²) in [6.45, 7) is 2.78. The summed E-state index contributed by atoms with van der Waals surface area (Å²) in [7, 11) is 0. The molecule has 2 heterocycles. The fourth-order valence-corrected chi connectivity index (χ4v) is 3.62. The lowest BCUT2D eigenvalue weighted by Crippen LogP contribution is -2.29. The SMILES string of the molecule is O=C(NCCCc1ccccc1)c1nc(-c2ccc(N3CCCCC3)cc2)no1. The van der Waals surface area contributed by atoms with Gasteiger partial charge in [0.2, 0.25) is 5.82 Å². The van der Waals surface area contributed by atoms with Crippen LogP contribution in [0.5, 0.6) is 0 Å². The summed E-state index contributed by atoms with van der Waals surface area (Å²) in [5.41, 5.74) is 3.32. The molecule has 1 saturated heterocycles. The Bertz CT molecular complexity index is 916. The predicted octanol–water partition coefficient (Wildman–Crippen LogP) is 4.09. The van der Waals surface area contributed by atoms with Crippen molar-refractivity contribution in [2.24, 2.45) is 0 Å². The molecule has 0 bridgehead atoms. The summed E-state index contributed by atoms with van der Waals surface area (Å²) in [4.78, 5) is 18.9. The van der Waals surface area contributed by atoms with Crippen LogP contribution in [0.15, 0.2) is 59.1 Å². The highest BCUT2D eigenvalue weighted by molar-refractivity contribution is 5.89. The van der Waals surface area contributed by atoms with Gasteiger partial charge >= 0.3 is 11.8 Å². The van der Waals surface area contributed by atoms with Gasteiger partial charge in [-0.2, -0.15) is 4.98 Å². The van der Waals surface area contributed by atoms with Crippen LogP contribution in [0.1, 0.15) is 41.9 Å². The van der Waals surface area contributed by atoms with Crippen molar-refractivity contribution in [3.63, 3.8) is 0 Å². The van der Waals surface area contributed by atoms with E-state index in [2.05, 4.69) is 44.6 Å². The van der Waals surface area contributed by atoms with E-state index in [4.69, 9.17) is 4.52 Å². The number of carbonyl (C=O) groups is 1. The molecule has 1 aromatic heterocycles. The van der Waals surface area contributed by atoms with Gasteiger partial charge in [-0.3, -0.25) is 4.79 Å². The zero-order chi connectivity index (χ0) is 19.9. The fourth-order valence-electron chi connectivity index (χ4n) is 3.62. The molecule has 6 heteroatoms. The number of nitrogens with zero attached hydrogens (tertiary/aromatic N) is 3.